The molecular formula is C18H18O4. The Balaban J connectivity index is 2.89. The van der Waals surface area contributed by atoms with E-state index in [-0.39, 0.29) is 0 Å². The molecule has 114 valence electrons. The fourth-order valence-electron chi connectivity index (χ4n) is 1.64. The van der Waals surface area contributed by atoms with Crippen molar-refractivity contribution in [3.8, 4) is 23.7 Å². The number of hydrogen-bond acceptors (Lipinski definition) is 4. The van der Waals surface area contributed by atoms with E-state index in [4.69, 9.17) is 9.47 Å². The van der Waals surface area contributed by atoms with Gasteiger partial charge in [-0.05, 0) is 37.5 Å². The monoisotopic (exact) mass is 298 g/mol. The van der Waals surface area contributed by atoms with Gasteiger partial charge in [-0.2, -0.15) is 0 Å². The number of rotatable bonds is 3. The van der Waals surface area contributed by atoms with Crippen LogP contribution < -0.4 is 0 Å². The Kier molecular flexibility index (Phi) is 6.23. The van der Waals surface area contributed by atoms with E-state index in [0.717, 1.165) is 5.56 Å². The minimum Gasteiger partial charge on any atom is -0.447 e. The van der Waals surface area contributed by atoms with Crippen LogP contribution in [-0.2, 0) is 19.1 Å². The first-order valence-corrected chi connectivity index (χ1v) is 6.74. The second kappa shape index (κ2) is 7.90. The Bertz CT molecular complexity index is 651. The lowest BCUT2D eigenvalue weighted by Crippen LogP contribution is -2.24. The molecule has 22 heavy (non-hydrogen) atoms. The van der Waals surface area contributed by atoms with Gasteiger partial charge in [-0.25, -0.2) is 0 Å². The summed E-state index contributed by atoms with van der Waals surface area (Å²) in [5, 5.41) is 0. The molecule has 0 aromatic heterocycles. The first kappa shape index (κ1) is 17.3. The number of esters is 2. The van der Waals surface area contributed by atoms with Gasteiger partial charge in [0.1, 0.15) is 0 Å². The van der Waals surface area contributed by atoms with E-state index in [0.29, 0.717) is 0 Å². The highest BCUT2D eigenvalue weighted by atomic mass is 16.6. The number of carbonyl (C=O) groups is 2. The van der Waals surface area contributed by atoms with Crippen molar-refractivity contribution in [1.29, 1.82) is 0 Å². The maximum Gasteiger partial charge on any atom is 0.304 e. The Morgan fingerprint density at radius 1 is 1.05 bits per heavy atom. The van der Waals surface area contributed by atoms with Gasteiger partial charge in [-0.1, -0.05) is 30.3 Å². The first-order chi connectivity index (χ1) is 10.3. The van der Waals surface area contributed by atoms with E-state index in [1.54, 1.807) is 13.8 Å². The molecule has 1 aromatic rings. The molecule has 0 saturated heterocycles. The Hall–Kier alpha value is -2.72. The number of benzene rings is 1. The molecule has 0 saturated carbocycles. The predicted molar refractivity (Wildman–Crippen MR) is 82.3 cm³/mol. The zero-order valence-corrected chi connectivity index (χ0v) is 13.1. The molecule has 0 spiro atoms. The van der Waals surface area contributed by atoms with Crippen LogP contribution in [0.15, 0.2) is 30.3 Å². The third-order valence-electron chi connectivity index (χ3n) is 2.41. The second-order valence-corrected chi connectivity index (χ2v) is 5.02. The van der Waals surface area contributed by atoms with Crippen LogP contribution in [0, 0.1) is 23.7 Å². The summed E-state index contributed by atoms with van der Waals surface area (Å²) >= 11 is 0. The molecule has 1 aromatic carbocycles. The molecule has 0 aliphatic carbocycles. The van der Waals surface area contributed by atoms with E-state index in [9.17, 15) is 9.59 Å². The van der Waals surface area contributed by atoms with Gasteiger partial charge in [0.25, 0.3) is 0 Å². The van der Waals surface area contributed by atoms with Crippen LogP contribution in [-0.4, -0.2) is 17.5 Å². The quantitative estimate of drug-likeness (QED) is 0.636. The number of ether oxygens (including phenoxy) is 2. The van der Waals surface area contributed by atoms with Crippen LogP contribution >= 0.6 is 0 Å². The van der Waals surface area contributed by atoms with Crippen molar-refractivity contribution in [3.05, 3.63) is 35.9 Å². The van der Waals surface area contributed by atoms with Crippen molar-refractivity contribution in [2.24, 2.45) is 0 Å². The SMILES string of the molecule is CC(=O)OC(C#CC#CC(C)(C)OC(C)=O)c1ccccc1. The lowest BCUT2D eigenvalue weighted by Gasteiger charge is -2.16. The Morgan fingerprint density at radius 2 is 1.68 bits per heavy atom. The van der Waals surface area contributed by atoms with Crippen molar-refractivity contribution >= 4 is 11.9 Å². The molecular weight excluding hydrogens is 280 g/mol. The highest BCUT2D eigenvalue weighted by molar-refractivity contribution is 5.67. The van der Waals surface area contributed by atoms with E-state index in [2.05, 4.69) is 23.7 Å². The molecule has 0 heterocycles. The molecule has 0 radical (unpaired) electrons. The normalized spacial score (nSPS) is 11.1. The summed E-state index contributed by atoms with van der Waals surface area (Å²) in [6.07, 6.45) is -0.676. The van der Waals surface area contributed by atoms with Crippen molar-refractivity contribution in [1.82, 2.24) is 0 Å². The van der Waals surface area contributed by atoms with Gasteiger partial charge in [0.15, 0.2) is 11.7 Å². The standard InChI is InChI=1S/C18H18O4/c1-14(19)21-17(16-10-6-5-7-11-16)12-8-9-13-18(3,4)22-15(2)20/h5-7,10-11,17H,1-4H3. The summed E-state index contributed by atoms with van der Waals surface area (Å²) < 4.78 is 10.2. The van der Waals surface area contributed by atoms with Gasteiger partial charge in [-0.3, -0.25) is 9.59 Å². The minimum absolute atomic E-state index is 0.408. The van der Waals surface area contributed by atoms with Crippen molar-refractivity contribution in [3.63, 3.8) is 0 Å². The lowest BCUT2D eigenvalue weighted by molar-refractivity contribution is -0.149. The Labute approximate surface area is 130 Å². The van der Waals surface area contributed by atoms with Gasteiger partial charge >= 0.3 is 11.9 Å². The van der Waals surface area contributed by atoms with Gasteiger partial charge in [0.2, 0.25) is 0 Å². The molecule has 1 atom stereocenters. The molecule has 0 fully saturated rings. The molecule has 0 aliphatic rings. The highest BCUT2D eigenvalue weighted by Crippen LogP contribution is 2.16. The number of carbonyl (C=O) groups excluding carboxylic acids is 2. The van der Waals surface area contributed by atoms with Crippen molar-refractivity contribution in [2.75, 3.05) is 0 Å². The van der Waals surface area contributed by atoms with Gasteiger partial charge in [0.05, 0.1) is 0 Å². The molecule has 1 rings (SSSR count). The Morgan fingerprint density at radius 3 is 2.23 bits per heavy atom. The highest BCUT2D eigenvalue weighted by Gasteiger charge is 2.17. The van der Waals surface area contributed by atoms with Gasteiger partial charge in [-0.15, -0.1) is 0 Å². The van der Waals surface area contributed by atoms with E-state index in [1.165, 1.54) is 13.8 Å². The van der Waals surface area contributed by atoms with Crippen LogP contribution in [0.2, 0.25) is 0 Å². The maximum absolute atomic E-state index is 11.2. The van der Waals surface area contributed by atoms with Crippen LogP contribution in [0.5, 0.6) is 0 Å². The van der Waals surface area contributed by atoms with Crippen LogP contribution in [0.1, 0.15) is 39.4 Å². The van der Waals surface area contributed by atoms with Crippen LogP contribution in [0.25, 0.3) is 0 Å². The molecule has 0 N–H and O–H groups in total. The third-order valence-corrected chi connectivity index (χ3v) is 2.41. The molecule has 4 nitrogen and oxygen atoms in total. The summed E-state index contributed by atoms with van der Waals surface area (Å²) in [4.78, 5) is 22.1. The summed E-state index contributed by atoms with van der Waals surface area (Å²) in [5.41, 5.74) is -0.143. The summed E-state index contributed by atoms with van der Waals surface area (Å²) in [6.45, 7) is 5.99. The summed E-state index contributed by atoms with van der Waals surface area (Å²) in [6, 6.07) is 9.17. The van der Waals surface area contributed by atoms with E-state index < -0.39 is 23.6 Å². The van der Waals surface area contributed by atoms with Crippen molar-refractivity contribution in [2.45, 2.75) is 39.4 Å². The predicted octanol–water partition coefficient (Wildman–Crippen LogP) is 2.64. The van der Waals surface area contributed by atoms with Gasteiger partial charge in [0, 0.05) is 19.4 Å². The molecule has 0 bridgehead atoms. The van der Waals surface area contributed by atoms with Crippen molar-refractivity contribution < 1.29 is 19.1 Å². The molecule has 4 heteroatoms. The average molecular weight is 298 g/mol. The number of hydrogen-bond donors (Lipinski definition) is 0. The smallest absolute Gasteiger partial charge is 0.304 e. The largest absolute Gasteiger partial charge is 0.447 e. The zero-order chi connectivity index (χ0) is 16.6. The molecule has 1 unspecified atom stereocenters. The molecule has 0 aliphatic heterocycles. The summed E-state index contributed by atoms with van der Waals surface area (Å²) in [5.74, 6) is 9.97. The minimum atomic E-state index is -0.913. The lowest BCUT2D eigenvalue weighted by atomic mass is 10.1. The third kappa shape index (κ3) is 6.63. The van der Waals surface area contributed by atoms with Crippen LogP contribution in [0.4, 0.5) is 0 Å². The van der Waals surface area contributed by atoms with Gasteiger partial charge < -0.3 is 9.47 Å². The fraction of sp³-hybridized carbons (Fsp3) is 0.333. The average Bonchev–Trinajstić information content (AvgIpc) is 2.41. The summed E-state index contributed by atoms with van der Waals surface area (Å²) in [7, 11) is 0. The van der Waals surface area contributed by atoms with Crippen LogP contribution in [0.3, 0.4) is 0 Å². The van der Waals surface area contributed by atoms with E-state index >= 15 is 0 Å². The second-order valence-electron chi connectivity index (χ2n) is 5.02. The van der Waals surface area contributed by atoms with E-state index in [1.807, 2.05) is 30.3 Å². The molecule has 0 amide bonds. The first-order valence-electron chi connectivity index (χ1n) is 6.74. The topological polar surface area (TPSA) is 52.6 Å². The fourth-order valence-corrected chi connectivity index (χ4v) is 1.64. The zero-order valence-electron chi connectivity index (χ0n) is 13.1. The maximum atomic E-state index is 11.2.